The average Bonchev–Trinajstić information content (AvgIpc) is 3.24. The summed E-state index contributed by atoms with van der Waals surface area (Å²) in [5.74, 6) is 0.883. The number of benzene rings is 1. The van der Waals surface area contributed by atoms with Crippen LogP contribution in [0.3, 0.4) is 0 Å². The van der Waals surface area contributed by atoms with Gasteiger partial charge in [-0.3, -0.25) is 0 Å². The number of aromatic nitrogens is 2. The lowest BCUT2D eigenvalue weighted by Crippen LogP contribution is -2.44. The van der Waals surface area contributed by atoms with Gasteiger partial charge in [-0.1, -0.05) is 37.3 Å². The molecular weight excluding hydrogens is 366 g/mol. The summed E-state index contributed by atoms with van der Waals surface area (Å²) < 4.78 is 0. The maximum Gasteiger partial charge on any atom is 0.185 e. The first-order chi connectivity index (χ1) is 13.7. The Balaban J connectivity index is 1.39. The van der Waals surface area contributed by atoms with Crippen LogP contribution in [0, 0.1) is 0 Å². The predicted octanol–water partition coefficient (Wildman–Crippen LogP) is 4.46. The molecule has 0 bridgehead atoms. The largest absolute Gasteiger partial charge is 0.346 e. The number of hydrogen-bond donors (Lipinski definition) is 0. The monoisotopic (exact) mass is 391 g/mol. The Bertz CT molecular complexity index is 912. The first-order valence-electron chi connectivity index (χ1n) is 9.63. The summed E-state index contributed by atoms with van der Waals surface area (Å²) in [6.07, 6.45) is 3.81. The van der Waals surface area contributed by atoms with Crippen LogP contribution in [0.4, 0.5) is 10.9 Å². The molecule has 5 nitrogen and oxygen atoms in total. The minimum atomic E-state index is 0.160. The van der Waals surface area contributed by atoms with Crippen molar-refractivity contribution in [1.82, 2.24) is 14.9 Å². The number of pyridine rings is 1. The van der Waals surface area contributed by atoms with Crippen LogP contribution in [0.2, 0.25) is 0 Å². The van der Waals surface area contributed by atoms with Gasteiger partial charge in [0.05, 0.1) is 5.69 Å². The van der Waals surface area contributed by atoms with Gasteiger partial charge in [0, 0.05) is 55.5 Å². The Morgan fingerprint density at radius 3 is 2.54 bits per heavy atom. The average molecular weight is 392 g/mol. The van der Waals surface area contributed by atoms with Gasteiger partial charge in [-0.2, -0.15) is 0 Å². The maximum atomic E-state index is 4.84. The van der Waals surface area contributed by atoms with Gasteiger partial charge in [0.25, 0.3) is 0 Å². The zero-order valence-electron chi connectivity index (χ0n) is 16.3. The lowest BCUT2D eigenvalue weighted by Gasteiger charge is -2.32. The Labute approximate surface area is 170 Å². The van der Waals surface area contributed by atoms with E-state index >= 15 is 0 Å². The maximum absolute atomic E-state index is 4.84. The molecule has 3 heterocycles. The molecule has 1 aromatic carbocycles. The molecule has 0 N–H and O–H groups in total. The Morgan fingerprint density at radius 2 is 1.82 bits per heavy atom. The van der Waals surface area contributed by atoms with Crippen molar-refractivity contribution in [3.8, 4) is 11.1 Å². The third-order valence-corrected chi connectivity index (χ3v) is 5.96. The van der Waals surface area contributed by atoms with Gasteiger partial charge >= 0.3 is 0 Å². The van der Waals surface area contributed by atoms with E-state index in [2.05, 4.69) is 57.3 Å². The van der Waals surface area contributed by atoms with Gasteiger partial charge in [-0.05, 0) is 24.7 Å². The van der Waals surface area contributed by atoms with Crippen LogP contribution in [0.25, 0.3) is 11.1 Å². The lowest BCUT2D eigenvalue weighted by atomic mass is 10.1. The molecule has 1 unspecified atom stereocenters. The third kappa shape index (κ3) is 4.46. The Morgan fingerprint density at radius 1 is 1.04 bits per heavy atom. The number of hydrogen-bond acceptors (Lipinski definition) is 6. The van der Waals surface area contributed by atoms with Crippen LogP contribution >= 0.6 is 11.3 Å². The fourth-order valence-electron chi connectivity index (χ4n) is 3.16. The number of anilines is 1. The molecule has 1 aliphatic heterocycles. The van der Waals surface area contributed by atoms with Crippen molar-refractivity contribution in [3.63, 3.8) is 0 Å². The summed E-state index contributed by atoms with van der Waals surface area (Å²) in [5, 5.41) is 3.27. The van der Waals surface area contributed by atoms with E-state index in [0.29, 0.717) is 0 Å². The first-order valence-corrected chi connectivity index (χ1v) is 10.5. The fourth-order valence-corrected chi connectivity index (χ4v) is 4.14. The van der Waals surface area contributed by atoms with Crippen molar-refractivity contribution in [2.24, 2.45) is 4.99 Å². The van der Waals surface area contributed by atoms with Crippen molar-refractivity contribution in [2.45, 2.75) is 12.8 Å². The summed E-state index contributed by atoms with van der Waals surface area (Å²) in [4.78, 5) is 18.6. The molecule has 0 spiro atoms. The minimum Gasteiger partial charge on any atom is -0.346 e. The van der Waals surface area contributed by atoms with Gasteiger partial charge in [0.1, 0.15) is 0 Å². The minimum absolute atomic E-state index is 0.160. The standard InChI is InChI=1S/C22H25N5S/c1-17(20-16-28-22(25-20)27-12-10-26(2)11-13-27)14-23-21-9-8-19(15-24-21)18-6-4-3-5-7-18/h3-9,14-17H,10-13H2,1-2H3. The van der Waals surface area contributed by atoms with Crippen LogP contribution in [0.1, 0.15) is 18.5 Å². The number of thiazole rings is 1. The quantitative estimate of drug-likeness (QED) is 0.602. The molecule has 2 aromatic heterocycles. The van der Waals surface area contributed by atoms with Gasteiger partial charge in [-0.15, -0.1) is 11.3 Å². The molecule has 0 saturated carbocycles. The van der Waals surface area contributed by atoms with Crippen molar-refractivity contribution < 1.29 is 0 Å². The second kappa shape index (κ2) is 8.63. The van der Waals surface area contributed by atoms with Crippen LogP contribution in [-0.4, -0.2) is 54.3 Å². The van der Waals surface area contributed by atoms with E-state index < -0.39 is 0 Å². The number of aliphatic imine (C=N–C) groups is 1. The SMILES string of the molecule is CC(C=Nc1ccc(-c2ccccc2)cn1)c1csc(N2CCN(C)CC2)n1. The van der Waals surface area contributed by atoms with Crippen molar-refractivity contribution in [2.75, 3.05) is 38.1 Å². The molecule has 4 rings (SSSR count). The molecule has 1 saturated heterocycles. The third-order valence-electron chi connectivity index (χ3n) is 5.04. The molecular formula is C22H25N5S. The van der Waals surface area contributed by atoms with Crippen molar-refractivity contribution >= 4 is 28.5 Å². The molecule has 3 aromatic rings. The molecule has 0 radical (unpaired) electrons. The fraction of sp³-hybridized carbons (Fsp3) is 0.318. The van der Waals surface area contributed by atoms with E-state index in [-0.39, 0.29) is 5.92 Å². The highest BCUT2D eigenvalue weighted by atomic mass is 32.1. The van der Waals surface area contributed by atoms with Crippen molar-refractivity contribution in [3.05, 3.63) is 59.7 Å². The predicted molar refractivity (Wildman–Crippen MR) is 118 cm³/mol. The number of rotatable bonds is 5. The topological polar surface area (TPSA) is 44.6 Å². The molecule has 1 atom stereocenters. The van der Waals surface area contributed by atoms with Gasteiger partial charge in [-0.25, -0.2) is 15.0 Å². The van der Waals surface area contributed by atoms with Gasteiger partial charge in [0.2, 0.25) is 0 Å². The second-order valence-electron chi connectivity index (χ2n) is 7.18. The van der Waals surface area contributed by atoms with E-state index in [1.807, 2.05) is 36.7 Å². The first kappa shape index (κ1) is 18.8. The smallest absolute Gasteiger partial charge is 0.185 e. The number of piperazine rings is 1. The van der Waals surface area contributed by atoms with Crippen LogP contribution in [0.5, 0.6) is 0 Å². The molecule has 0 amide bonds. The summed E-state index contributed by atoms with van der Waals surface area (Å²) >= 11 is 1.73. The lowest BCUT2D eigenvalue weighted by molar-refractivity contribution is 0.312. The zero-order valence-corrected chi connectivity index (χ0v) is 17.1. The molecule has 1 fully saturated rings. The molecule has 28 heavy (non-hydrogen) atoms. The van der Waals surface area contributed by atoms with E-state index in [9.17, 15) is 0 Å². The highest BCUT2D eigenvalue weighted by molar-refractivity contribution is 7.13. The molecule has 144 valence electrons. The highest BCUT2D eigenvalue weighted by Crippen LogP contribution is 2.26. The molecule has 0 aliphatic carbocycles. The van der Waals surface area contributed by atoms with Crippen LogP contribution in [-0.2, 0) is 0 Å². The number of nitrogens with zero attached hydrogens (tertiary/aromatic N) is 5. The second-order valence-corrected chi connectivity index (χ2v) is 8.02. The van der Waals surface area contributed by atoms with Crippen LogP contribution in [0.15, 0.2) is 59.0 Å². The zero-order chi connectivity index (χ0) is 19.3. The molecule has 1 aliphatic rings. The van der Waals surface area contributed by atoms with Crippen molar-refractivity contribution in [1.29, 1.82) is 0 Å². The van der Waals surface area contributed by atoms with Crippen LogP contribution < -0.4 is 4.90 Å². The normalized spacial score (nSPS) is 16.6. The number of likely N-dealkylation sites (N-methyl/N-ethyl adjacent to an activating group) is 1. The van der Waals surface area contributed by atoms with E-state index in [1.54, 1.807) is 11.3 Å². The summed E-state index contributed by atoms with van der Waals surface area (Å²) in [7, 11) is 2.17. The Hall–Kier alpha value is -2.57. The Kier molecular flexibility index (Phi) is 5.78. The van der Waals surface area contributed by atoms with Gasteiger partial charge < -0.3 is 9.80 Å². The molecule has 6 heteroatoms. The van der Waals surface area contributed by atoms with E-state index in [4.69, 9.17) is 4.98 Å². The van der Waals surface area contributed by atoms with E-state index in [0.717, 1.165) is 53.9 Å². The summed E-state index contributed by atoms with van der Waals surface area (Å²) in [6, 6.07) is 14.3. The highest BCUT2D eigenvalue weighted by Gasteiger charge is 2.18. The van der Waals surface area contributed by atoms with E-state index in [1.165, 1.54) is 0 Å². The summed E-state index contributed by atoms with van der Waals surface area (Å²) in [6.45, 7) is 6.41. The van der Waals surface area contributed by atoms with Gasteiger partial charge in [0.15, 0.2) is 10.9 Å². The summed E-state index contributed by atoms with van der Waals surface area (Å²) in [5.41, 5.74) is 3.34.